The van der Waals surface area contributed by atoms with Crippen molar-refractivity contribution in [3.63, 3.8) is 0 Å². The Morgan fingerprint density at radius 3 is 2.50 bits per heavy atom. The van der Waals surface area contributed by atoms with Crippen LogP contribution >= 0.6 is 11.6 Å². The molecule has 82 valence electrons. The molecule has 2 rings (SSSR count). The molecule has 1 aromatic heterocycles. The fraction of sp³-hybridized carbons (Fsp3) is 0.0833. The summed E-state index contributed by atoms with van der Waals surface area (Å²) in [5.41, 5.74) is 1.09. The van der Waals surface area contributed by atoms with E-state index in [1.54, 1.807) is 12.1 Å². The molecule has 0 aliphatic rings. The molecule has 0 aliphatic heterocycles. The molecule has 0 unspecified atom stereocenters. The van der Waals surface area contributed by atoms with Crippen LogP contribution in [0.25, 0.3) is 0 Å². The van der Waals surface area contributed by atoms with Crippen molar-refractivity contribution in [2.75, 3.05) is 0 Å². The molecule has 2 nitrogen and oxygen atoms in total. The number of ketones is 1. The zero-order chi connectivity index (χ0) is 11.5. The Morgan fingerprint density at radius 2 is 1.94 bits per heavy atom. The van der Waals surface area contributed by atoms with Crippen molar-refractivity contribution >= 4 is 17.4 Å². The van der Waals surface area contributed by atoms with Crippen LogP contribution in [0.15, 0.2) is 41.0 Å². The lowest BCUT2D eigenvalue weighted by Gasteiger charge is -1.99. The van der Waals surface area contributed by atoms with Gasteiger partial charge in [-0.3, -0.25) is 4.79 Å². The van der Waals surface area contributed by atoms with E-state index in [0.717, 1.165) is 5.56 Å². The molecule has 1 aromatic carbocycles. The number of furan rings is 1. The highest BCUT2D eigenvalue weighted by atomic mass is 35.5. The zero-order valence-corrected chi connectivity index (χ0v) is 9.00. The molecule has 0 fully saturated rings. The fourth-order valence-corrected chi connectivity index (χ4v) is 1.60. The van der Waals surface area contributed by atoms with Gasteiger partial charge in [0.2, 0.25) is 5.22 Å². The molecule has 1 heterocycles. The number of Topliss-reactive ketones (excluding diaryl/α,β-unsaturated/α-hetero) is 1. The molecule has 0 aliphatic carbocycles. The van der Waals surface area contributed by atoms with Gasteiger partial charge in [0.15, 0.2) is 5.78 Å². The van der Waals surface area contributed by atoms with Gasteiger partial charge in [0.05, 0.1) is 11.8 Å². The van der Waals surface area contributed by atoms with E-state index in [0.29, 0.717) is 5.56 Å². The van der Waals surface area contributed by atoms with Gasteiger partial charge in [0, 0.05) is 6.42 Å². The minimum absolute atomic E-state index is 0.0899. The van der Waals surface area contributed by atoms with Gasteiger partial charge in [-0.1, -0.05) is 12.1 Å². The number of rotatable bonds is 3. The summed E-state index contributed by atoms with van der Waals surface area (Å²) >= 11 is 5.68. The summed E-state index contributed by atoms with van der Waals surface area (Å²) in [5.74, 6) is -0.470. The number of hydrogen-bond acceptors (Lipinski definition) is 2. The van der Waals surface area contributed by atoms with Crippen molar-refractivity contribution in [1.29, 1.82) is 0 Å². The molecule has 0 N–H and O–H groups in total. The Hall–Kier alpha value is -1.61. The molecule has 4 heteroatoms. The average molecular weight is 239 g/mol. The lowest BCUT2D eigenvalue weighted by atomic mass is 10.1. The van der Waals surface area contributed by atoms with Crippen molar-refractivity contribution in [1.82, 2.24) is 0 Å². The van der Waals surface area contributed by atoms with Gasteiger partial charge in [0.1, 0.15) is 5.82 Å². The lowest BCUT2D eigenvalue weighted by molar-refractivity contribution is 0.0992. The third kappa shape index (κ3) is 2.31. The Kier molecular flexibility index (Phi) is 3.06. The fourth-order valence-electron chi connectivity index (χ4n) is 1.38. The lowest BCUT2D eigenvalue weighted by Crippen LogP contribution is -2.02. The highest BCUT2D eigenvalue weighted by Gasteiger charge is 2.13. The van der Waals surface area contributed by atoms with E-state index in [2.05, 4.69) is 0 Å². The van der Waals surface area contributed by atoms with Crippen molar-refractivity contribution in [3.8, 4) is 0 Å². The SMILES string of the molecule is O=C(Cc1ccc(F)cc1)c1ccoc1Cl. The first-order valence-corrected chi connectivity index (χ1v) is 5.05. The zero-order valence-electron chi connectivity index (χ0n) is 8.24. The summed E-state index contributed by atoms with van der Waals surface area (Å²) in [7, 11) is 0. The molecular formula is C12H8ClFO2. The van der Waals surface area contributed by atoms with Crippen LogP contribution in [0, 0.1) is 5.82 Å². The Balaban J connectivity index is 2.14. The largest absolute Gasteiger partial charge is 0.452 e. The molecule has 0 bridgehead atoms. The Morgan fingerprint density at radius 1 is 1.25 bits per heavy atom. The smallest absolute Gasteiger partial charge is 0.203 e. The van der Waals surface area contributed by atoms with Gasteiger partial charge in [-0.05, 0) is 35.4 Å². The first kappa shape index (κ1) is 10.9. The second-order valence-corrected chi connectivity index (χ2v) is 3.68. The predicted molar refractivity (Wildman–Crippen MR) is 58.2 cm³/mol. The molecule has 2 aromatic rings. The van der Waals surface area contributed by atoms with Crippen LogP contribution in [0.1, 0.15) is 15.9 Å². The molecule has 0 saturated heterocycles. The summed E-state index contributed by atoms with van der Waals surface area (Å²) in [6, 6.07) is 7.30. The minimum Gasteiger partial charge on any atom is -0.452 e. The number of carbonyl (C=O) groups is 1. The van der Waals surface area contributed by atoms with E-state index in [-0.39, 0.29) is 23.2 Å². The van der Waals surface area contributed by atoms with Gasteiger partial charge in [-0.15, -0.1) is 0 Å². The summed E-state index contributed by atoms with van der Waals surface area (Å²) in [5, 5.41) is 0.0899. The van der Waals surface area contributed by atoms with Gasteiger partial charge in [-0.25, -0.2) is 4.39 Å². The molecule has 0 saturated carbocycles. The highest BCUT2D eigenvalue weighted by molar-refractivity contribution is 6.32. The van der Waals surface area contributed by atoms with Gasteiger partial charge in [0.25, 0.3) is 0 Å². The van der Waals surface area contributed by atoms with E-state index < -0.39 is 0 Å². The predicted octanol–water partition coefficient (Wildman–Crippen LogP) is 3.50. The van der Waals surface area contributed by atoms with E-state index >= 15 is 0 Å². The second kappa shape index (κ2) is 4.49. The quantitative estimate of drug-likeness (QED) is 0.766. The van der Waals surface area contributed by atoms with E-state index in [9.17, 15) is 9.18 Å². The first-order valence-electron chi connectivity index (χ1n) is 4.67. The monoisotopic (exact) mass is 238 g/mol. The van der Waals surface area contributed by atoms with Crippen molar-refractivity contribution < 1.29 is 13.6 Å². The van der Waals surface area contributed by atoms with Crippen LogP contribution in [0.5, 0.6) is 0 Å². The maximum absolute atomic E-state index is 12.6. The van der Waals surface area contributed by atoms with Crippen molar-refractivity contribution in [2.45, 2.75) is 6.42 Å². The number of benzene rings is 1. The third-order valence-corrected chi connectivity index (χ3v) is 2.49. The van der Waals surface area contributed by atoms with E-state index in [1.165, 1.54) is 24.5 Å². The first-order chi connectivity index (χ1) is 7.66. The summed E-state index contributed by atoms with van der Waals surface area (Å²) in [6.07, 6.45) is 1.54. The van der Waals surface area contributed by atoms with E-state index in [4.69, 9.17) is 16.0 Å². The van der Waals surface area contributed by atoms with Crippen LogP contribution in [-0.4, -0.2) is 5.78 Å². The second-order valence-electron chi connectivity index (χ2n) is 3.33. The maximum atomic E-state index is 12.6. The number of hydrogen-bond donors (Lipinski definition) is 0. The van der Waals surface area contributed by atoms with E-state index in [1.807, 2.05) is 0 Å². The van der Waals surface area contributed by atoms with Crippen LogP contribution in [-0.2, 0) is 6.42 Å². The molecule has 0 atom stereocenters. The summed E-state index contributed by atoms with van der Waals surface area (Å²) < 4.78 is 17.5. The van der Waals surface area contributed by atoms with Gasteiger partial charge >= 0.3 is 0 Å². The summed E-state index contributed by atoms with van der Waals surface area (Å²) in [6.45, 7) is 0. The van der Waals surface area contributed by atoms with Crippen LogP contribution in [0.2, 0.25) is 5.22 Å². The van der Waals surface area contributed by atoms with Gasteiger partial charge in [-0.2, -0.15) is 0 Å². The van der Waals surface area contributed by atoms with Crippen molar-refractivity contribution in [2.24, 2.45) is 0 Å². The Bertz CT molecular complexity index is 502. The maximum Gasteiger partial charge on any atom is 0.203 e. The average Bonchev–Trinajstić information content (AvgIpc) is 2.68. The minimum atomic E-state index is -0.322. The van der Waals surface area contributed by atoms with Crippen molar-refractivity contribution in [3.05, 3.63) is 58.8 Å². The van der Waals surface area contributed by atoms with Crippen LogP contribution in [0.4, 0.5) is 4.39 Å². The molecular weight excluding hydrogens is 231 g/mol. The standard InChI is InChI=1S/C12H8ClFO2/c13-12-10(5-6-16-12)11(15)7-8-1-3-9(14)4-2-8/h1-6H,7H2. The Labute approximate surface area is 96.6 Å². The molecule has 0 radical (unpaired) electrons. The number of carbonyl (C=O) groups excluding carboxylic acids is 1. The van der Waals surface area contributed by atoms with Gasteiger partial charge < -0.3 is 4.42 Å². The normalized spacial score (nSPS) is 10.4. The topological polar surface area (TPSA) is 30.2 Å². The molecule has 0 spiro atoms. The number of halogens is 2. The highest BCUT2D eigenvalue weighted by Crippen LogP contribution is 2.18. The van der Waals surface area contributed by atoms with Crippen LogP contribution < -0.4 is 0 Å². The summed E-state index contributed by atoms with van der Waals surface area (Å²) in [4.78, 5) is 11.7. The third-order valence-electron chi connectivity index (χ3n) is 2.20. The molecule has 16 heavy (non-hydrogen) atoms. The van der Waals surface area contributed by atoms with Crippen LogP contribution in [0.3, 0.4) is 0 Å². The molecule has 0 amide bonds.